The summed E-state index contributed by atoms with van der Waals surface area (Å²) in [5, 5.41) is 13.8. The third kappa shape index (κ3) is 9.11. The first-order valence-corrected chi connectivity index (χ1v) is 10.8. The van der Waals surface area contributed by atoms with Gasteiger partial charge in [0.05, 0.1) is 5.41 Å². The molecule has 0 bridgehead atoms. The fraction of sp³-hybridized carbons (Fsp3) is 0.696. The predicted octanol–water partition coefficient (Wildman–Crippen LogP) is 3.68. The normalized spacial score (nSPS) is 11.8. The minimum Gasteiger partial charge on any atom is -0.481 e. The maximum atomic E-state index is 13.1. The number of rotatable bonds is 17. The summed E-state index contributed by atoms with van der Waals surface area (Å²) in [7, 11) is 1.79. The molecule has 172 valence electrons. The molecule has 30 heavy (non-hydrogen) atoms. The molecule has 0 saturated carbocycles. The van der Waals surface area contributed by atoms with E-state index in [1.54, 1.807) is 38.1 Å². The first-order valence-electron chi connectivity index (χ1n) is 10.8. The van der Waals surface area contributed by atoms with E-state index in [2.05, 4.69) is 30.8 Å². The van der Waals surface area contributed by atoms with Crippen molar-refractivity contribution in [1.29, 1.82) is 0 Å². The van der Waals surface area contributed by atoms with Crippen LogP contribution < -0.4 is 10.7 Å². The van der Waals surface area contributed by atoms with E-state index in [9.17, 15) is 19.5 Å². The summed E-state index contributed by atoms with van der Waals surface area (Å²) in [6.45, 7) is 14.0. The number of hydrogen-bond donors (Lipinski definition) is 3. The summed E-state index contributed by atoms with van der Waals surface area (Å²) in [6, 6.07) is 0. The highest BCUT2D eigenvalue weighted by Crippen LogP contribution is 2.29. The lowest BCUT2D eigenvalue weighted by atomic mass is 9.79. The first kappa shape index (κ1) is 27.8. The van der Waals surface area contributed by atoms with Gasteiger partial charge in [0.25, 0.3) is 5.91 Å². The molecule has 0 radical (unpaired) electrons. The quantitative estimate of drug-likeness (QED) is 0.143. The van der Waals surface area contributed by atoms with Crippen LogP contribution in [0.25, 0.3) is 0 Å². The van der Waals surface area contributed by atoms with Crippen molar-refractivity contribution in [3.05, 3.63) is 25.3 Å². The molecule has 0 aliphatic rings. The Kier molecular flexibility index (Phi) is 13.0. The van der Waals surface area contributed by atoms with Crippen molar-refractivity contribution < 1.29 is 19.5 Å². The smallest absolute Gasteiger partial charge is 0.309 e. The Bertz CT molecular complexity index is 577. The van der Waals surface area contributed by atoms with Gasteiger partial charge in [-0.25, -0.2) is 5.01 Å². The summed E-state index contributed by atoms with van der Waals surface area (Å²) < 4.78 is 0. The highest BCUT2D eigenvalue weighted by molar-refractivity contribution is 6.05. The number of unbranched alkanes of at least 4 members (excludes halogenated alkanes) is 3. The zero-order valence-corrected chi connectivity index (χ0v) is 19.3. The van der Waals surface area contributed by atoms with Gasteiger partial charge in [0.2, 0.25) is 5.91 Å². The largest absolute Gasteiger partial charge is 0.481 e. The van der Waals surface area contributed by atoms with Crippen molar-refractivity contribution in [2.45, 2.75) is 72.1 Å². The van der Waals surface area contributed by atoms with Crippen LogP contribution in [0, 0.1) is 10.8 Å². The number of hydrogen-bond acceptors (Lipinski definition) is 4. The Morgan fingerprint density at radius 2 is 1.60 bits per heavy atom. The Morgan fingerprint density at radius 3 is 2.10 bits per heavy atom. The molecule has 0 saturated heterocycles. The second kappa shape index (κ2) is 14.0. The highest BCUT2D eigenvalue weighted by atomic mass is 16.4. The van der Waals surface area contributed by atoms with Crippen molar-refractivity contribution in [1.82, 2.24) is 15.8 Å². The van der Waals surface area contributed by atoms with Gasteiger partial charge < -0.3 is 10.4 Å². The van der Waals surface area contributed by atoms with Crippen LogP contribution in [-0.4, -0.2) is 48.0 Å². The minimum atomic E-state index is -1.30. The molecule has 0 aromatic heterocycles. The summed E-state index contributed by atoms with van der Waals surface area (Å²) in [5.41, 5.74) is 0.744. The minimum absolute atomic E-state index is 0.200. The maximum absolute atomic E-state index is 13.1. The standard InChI is InChI=1S/C23H41N3O4/c1-7-10-13-18-26(6)25-20(28)23(14-8-2,15-9-3)19(27)24-17-12-11-16-22(4,5)21(29)30/h8-9H,2-3,7,10-18H2,1,4-6H3,(H,24,27)(H,25,28)(H,29,30). The molecular weight excluding hydrogens is 382 g/mol. The van der Waals surface area contributed by atoms with Crippen molar-refractivity contribution in [2.75, 3.05) is 20.1 Å². The zero-order chi connectivity index (χ0) is 23.2. The topological polar surface area (TPSA) is 98.7 Å². The molecule has 0 aromatic carbocycles. The second-order valence-electron chi connectivity index (χ2n) is 8.54. The number of carbonyl (C=O) groups excluding carboxylic acids is 2. The molecule has 0 aliphatic heterocycles. The van der Waals surface area contributed by atoms with Crippen LogP contribution in [0.3, 0.4) is 0 Å². The van der Waals surface area contributed by atoms with Gasteiger partial charge in [-0.1, -0.05) is 38.3 Å². The van der Waals surface area contributed by atoms with E-state index in [0.717, 1.165) is 19.3 Å². The fourth-order valence-corrected chi connectivity index (χ4v) is 3.16. The van der Waals surface area contributed by atoms with E-state index >= 15 is 0 Å². The highest BCUT2D eigenvalue weighted by Gasteiger charge is 2.44. The molecule has 0 spiro atoms. The van der Waals surface area contributed by atoms with E-state index in [4.69, 9.17) is 0 Å². The Morgan fingerprint density at radius 1 is 1.00 bits per heavy atom. The van der Waals surface area contributed by atoms with Crippen LogP contribution in [-0.2, 0) is 14.4 Å². The summed E-state index contributed by atoms with van der Waals surface area (Å²) in [6.07, 6.45) is 8.50. The summed E-state index contributed by atoms with van der Waals surface area (Å²) >= 11 is 0. The average Bonchev–Trinajstić information content (AvgIpc) is 2.67. The molecule has 2 amide bonds. The number of carbonyl (C=O) groups is 3. The van der Waals surface area contributed by atoms with Crippen LogP contribution in [0.1, 0.15) is 72.1 Å². The van der Waals surface area contributed by atoms with Gasteiger partial charge in [-0.05, 0) is 46.0 Å². The number of nitrogens with zero attached hydrogens (tertiary/aromatic N) is 1. The average molecular weight is 424 g/mol. The van der Waals surface area contributed by atoms with Crippen LogP contribution in [0.15, 0.2) is 25.3 Å². The SMILES string of the molecule is C=CCC(CC=C)(C(=O)NCCCCC(C)(C)C(=O)O)C(=O)NN(C)CCCCC. The van der Waals surface area contributed by atoms with Gasteiger partial charge in [0.15, 0.2) is 0 Å². The number of hydrazine groups is 1. The Balaban J connectivity index is 4.97. The lowest BCUT2D eigenvalue weighted by Crippen LogP contribution is -2.55. The molecule has 7 heteroatoms. The second-order valence-corrected chi connectivity index (χ2v) is 8.54. The molecule has 7 nitrogen and oxygen atoms in total. The summed E-state index contributed by atoms with van der Waals surface area (Å²) in [5.74, 6) is -1.56. The van der Waals surface area contributed by atoms with Crippen molar-refractivity contribution in [3.8, 4) is 0 Å². The number of amides is 2. The molecule has 0 fully saturated rings. The van der Waals surface area contributed by atoms with Crippen LogP contribution in [0.2, 0.25) is 0 Å². The Labute approximate surface area is 181 Å². The molecule has 0 aliphatic carbocycles. The van der Waals surface area contributed by atoms with E-state index in [-0.39, 0.29) is 24.7 Å². The Hall–Kier alpha value is -2.15. The van der Waals surface area contributed by atoms with Crippen LogP contribution in [0.5, 0.6) is 0 Å². The van der Waals surface area contributed by atoms with Gasteiger partial charge in [-0.2, -0.15) is 0 Å². The fourth-order valence-electron chi connectivity index (χ4n) is 3.16. The van der Waals surface area contributed by atoms with E-state index in [1.807, 2.05) is 0 Å². The monoisotopic (exact) mass is 423 g/mol. The molecule has 0 aromatic rings. The van der Waals surface area contributed by atoms with Crippen molar-refractivity contribution >= 4 is 17.8 Å². The number of carboxylic acid groups (broad SMARTS) is 1. The molecule has 0 unspecified atom stereocenters. The number of aliphatic carboxylic acids is 1. The van der Waals surface area contributed by atoms with E-state index in [0.29, 0.717) is 32.4 Å². The third-order valence-electron chi connectivity index (χ3n) is 5.34. The van der Waals surface area contributed by atoms with Crippen LogP contribution in [0.4, 0.5) is 0 Å². The molecule has 3 N–H and O–H groups in total. The van der Waals surface area contributed by atoms with Gasteiger partial charge in [-0.3, -0.25) is 19.8 Å². The number of carboxylic acids is 1. The van der Waals surface area contributed by atoms with Crippen molar-refractivity contribution in [2.24, 2.45) is 10.8 Å². The maximum Gasteiger partial charge on any atom is 0.309 e. The van der Waals surface area contributed by atoms with Gasteiger partial charge >= 0.3 is 5.97 Å². The predicted molar refractivity (Wildman–Crippen MR) is 121 cm³/mol. The molecule has 0 atom stereocenters. The molecule has 0 heterocycles. The number of nitrogens with one attached hydrogen (secondary N) is 2. The van der Waals surface area contributed by atoms with Crippen molar-refractivity contribution in [3.63, 3.8) is 0 Å². The first-order chi connectivity index (χ1) is 14.1. The van der Waals surface area contributed by atoms with Crippen LogP contribution >= 0.6 is 0 Å². The lowest BCUT2D eigenvalue weighted by molar-refractivity contribution is -0.148. The summed E-state index contributed by atoms with van der Waals surface area (Å²) in [4.78, 5) is 37.2. The van der Waals surface area contributed by atoms with E-state index in [1.165, 1.54) is 0 Å². The van der Waals surface area contributed by atoms with E-state index < -0.39 is 16.8 Å². The van der Waals surface area contributed by atoms with Gasteiger partial charge in [-0.15, -0.1) is 13.2 Å². The third-order valence-corrected chi connectivity index (χ3v) is 5.34. The van der Waals surface area contributed by atoms with Gasteiger partial charge in [0.1, 0.15) is 5.41 Å². The van der Waals surface area contributed by atoms with Gasteiger partial charge in [0, 0.05) is 20.1 Å². The lowest BCUT2D eigenvalue weighted by Gasteiger charge is -2.31. The molecule has 0 rings (SSSR count). The number of allylic oxidation sites excluding steroid dienone is 2. The zero-order valence-electron chi connectivity index (χ0n) is 19.3. The molecular formula is C23H41N3O4.